The highest BCUT2D eigenvalue weighted by atomic mass is 15.3. The second-order valence-electron chi connectivity index (χ2n) is 3.10. The summed E-state index contributed by atoms with van der Waals surface area (Å²) in [6, 6.07) is 0. The summed E-state index contributed by atoms with van der Waals surface area (Å²) in [4.78, 5) is 3.84. The van der Waals surface area contributed by atoms with Crippen LogP contribution in [0.4, 0.5) is 5.95 Å². The highest BCUT2D eigenvalue weighted by Crippen LogP contribution is 2.32. The fourth-order valence-corrected chi connectivity index (χ4v) is 1.14. The number of hydrogen-bond acceptors (Lipinski definition) is 3. The monoisotopic (exact) mass is 152 g/mol. The third-order valence-electron chi connectivity index (χ3n) is 2.02. The highest BCUT2D eigenvalue weighted by molar-refractivity contribution is 5.09. The van der Waals surface area contributed by atoms with Crippen LogP contribution in [0, 0.1) is 5.92 Å². The fraction of sp³-hybridized carbons (Fsp3) is 0.714. The second kappa shape index (κ2) is 2.53. The van der Waals surface area contributed by atoms with Gasteiger partial charge < -0.3 is 5.73 Å². The third kappa shape index (κ3) is 1.69. The molecule has 1 aromatic rings. The van der Waals surface area contributed by atoms with E-state index in [4.69, 9.17) is 5.73 Å². The van der Waals surface area contributed by atoms with Gasteiger partial charge in [-0.15, -0.1) is 5.10 Å². The number of aromatic nitrogens is 3. The topological polar surface area (TPSA) is 56.7 Å². The van der Waals surface area contributed by atoms with Gasteiger partial charge >= 0.3 is 0 Å². The molecule has 1 aliphatic rings. The maximum absolute atomic E-state index is 5.36. The van der Waals surface area contributed by atoms with Crippen molar-refractivity contribution in [3.63, 3.8) is 0 Å². The molecule has 0 aliphatic heterocycles. The van der Waals surface area contributed by atoms with E-state index in [0.717, 1.165) is 12.5 Å². The third-order valence-corrected chi connectivity index (χ3v) is 2.02. The maximum Gasteiger partial charge on any atom is 0.239 e. The zero-order valence-electron chi connectivity index (χ0n) is 6.40. The Hall–Kier alpha value is -1.06. The standard InChI is InChI=1S/C7H12N4/c8-7-9-5-11(10-7)4-3-6-1-2-6/h5-6H,1-4H2,(H2,8,10). The average Bonchev–Trinajstić information content (AvgIpc) is 2.72. The van der Waals surface area contributed by atoms with E-state index in [1.807, 2.05) is 4.68 Å². The molecule has 0 amide bonds. The lowest BCUT2D eigenvalue weighted by atomic mass is 10.3. The summed E-state index contributed by atoms with van der Waals surface area (Å²) >= 11 is 0. The average molecular weight is 152 g/mol. The zero-order chi connectivity index (χ0) is 7.68. The lowest BCUT2D eigenvalue weighted by Crippen LogP contribution is -2.00. The summed E-state index contributed by atoms with van der Waals surface area (Å²) in [7, 11) is 0. The van der Waals surface area contributed by atoms with Gasteiger partial charge in [-0.3, -0.25) is 4.68 Å². The molecule has 1 saturated carbocycles. The van der Waals surface area contributed by atoms with Gasteiger partial charge in [-0.2, -0.15) is 0 Å². The van der Waals surface area contributed by atoms with Crippen LogP contribution in [-0.2, 0) is 6.54 Å². The molecular formula is C7H12N4. The smallest absolute Gasteiger partial charge is 0.239 e. The number of nitrogens with zero attached hydrogens (tertiary/aromatic N) is 3. The minimum Gasteiger partial charge on any atom is -0.367 e. The number of aryl methyl sites for hydroxylation is 1. The Balaban J connectivity index is 1.85. The van der Waals surface area contributed by atoms with Crippen LogP contribution in [-0.4, -0.2) is 14.8 Å². The van der Waals surface area contributed by atoms with Crippen LogP contribution in [0.3, 0.4) is 0 Å². The molecule has 11 heavy (non-hydrogen) atoms. The Morgan fingerprint density at radius 2 is 2.45 bits per heavy atom. The molecule has 2 N–H and O–H groups in total. The van der Waals surface area contributed by atoms with Crippen molar-refractivity contribution in [2.45, 2.75) is 25.8 Å². The van der Waals surface area contributed by atoms with Crippen molar-refractivity contribution in [1.82, 2.24) is 14.8 Å². The van der Waals surface area contributed by atoms with E-state index in [1.165, 1.54) is 19.3 Å². The summed E-state index contributed by atoms with van der Waals surface area (Å²) in [5.41, 5.74) is 5.36. The van der Waals surface area contributed by atoms with E-state index in [0.29, 0.717) is 5.95 Å². The van der Waals surface area contributed by atoms with Crippen LogP contribution in [0.5, 0.6) is 0 Å². The van der Waals surface area contributed by atoms with Crippen molar-refractivity contribution < 1.29 is 0 Å². The summed E-state index contributed by atoms with van der Waals surface area (Å²) in [5.74, 6) is 1.32. The van der Waals surface area contributed by atoms with E-state index in [-0.39, 0.29) is 0 Å². The number of hydrogen-bond donors (Lipinski definition) is 1. The van der Waals surface area contributed by atoms with Crippen molar-refractivity contribution in [3.8, 4) is 0 Å². The molecule has 0 bridgehead atoms. The Kier molecular flexibility index (Phi) is 1.52. The van der Waals surface area contributed by atoms with E-state index >= 15 is 0 Å². The summed E-state index contributed by atoms with van der Waals surface area (Å²) in [5, 5.41) is 3.99. The number of rotatable bonds is 3. The van der Waals surface area contributed by atoms with E-state index in [2.05, 4.69) is 10.1 Å². The van der Waals surface area contributed by atoms with Gasteiger partial charge in [-0.1, -0.05) is 12.8 Å². The van der Waals surface area contributed by atoms with Crippen LogP contribution in [0.2, 0.25) is 0 Å². The first-order chi connectivity index (χ1) is 5.34. The molecule has 0 aromatic carbocycles. The molecule has 2 rings (SSSR count). The Morgan fingerprint density at radius 1 is 1.64 bits per heavy atom. The van der Waals surface area contributed by atoms with Gasteiger partial charge in [0.1, 0.15) is 6.33 Å². The van der Waals surface area contributed by atoms with Gasteiger partial charge in [-0.25, -0.2) is 4.98 Å². The van der Waals surface area contributed by atoms with Gasteiger partial charge in [0.15, 0.2) is 0 Å². The molecule has 0 atom stereocenters. The molecule has 60 valence electrons. The fourth-order valence-electron chi connectivity index (χ4n) is 1.14. The number of nitrogens with two attached hydrogens (primary N) is 1. The van der Waals surface area contributed by atoms with Crippen molar-refractivity contribution >= 4 is 5.95 Å². The van der Waals surface area contributed by atoms with E-state index in [9.17, 15) is 0 Å². The van der Waals surface area contributed by atoms with Crippen LogP contribution in [0.1, 0.15) is 19.3 Å². The maximum atomic E-state index is 5.36. The van der Waals surface area contributed by atoms with Crippen molar-refractivity contribution in [1.29, 1.82) is 0 Å². The Morgan fingerprint density at radius 3 is 3.00 bits per heavy atom. The molecule has 0 radical (unpaired) electrons. The van der Waals surface area contributed by atoms with Gasteiger partial charge in [0.2, 0.25) is 5.95 Å². The van der Waals surface area contributed by atoms with Crippen LogP contribution in [0.15, 0.2) is 6.33 Å². The first-order valence-electron chi connectivity index (χ1n) is 3.99. The SMILES string of the molecule is Nc1ncn(CCC2CC2)n1. The molecule has 0 spiro atoms. The molecule has 0 unspecified atom stereocenters. The van der Waals surface area contributed by atoms with Gasteiger partial charge in [0, 0.05) is 6.54 Å². The minimum absolute atomic E-state index is 0.376. The molecule has 0 saturated heterocycles. The lowest BCUT2D eigenvalue weighted by Gasteiger charge is -1.96. The highest BCUT2D eigenvalue weighted by Gasteiger charge is 2.20. The van der Waals surface area contributed by atoms with E-state index in [1.54, 1.807) is 6.33 Å². The first-order valence-corrected chi connectivity index (χ1v) is 3.99. The van der Waals surface area contributed by atoms with Crippen molar-refractivity contribution in [3.05, 3.63) is 6.33 Å². The van der Waals surface area contributed by atoms with Gasteiger partial charge in [-0.05, 0) is 12.3 Å². The Bertz CT molecular complexity index is 238. The summed E-state index contributed by atoms with van der Waals surface area (Å²) in [6.45, 7) is 0.967. The molecule has 1 fully saturated rings. The summed E-state index contributed by atoms with van der Waals surface area (Å²) in [6.07, 6.45) is 5.70. The van der Waals surface area contributed by atoms with Crippen LogP contribution in [0.25, 0.3) is 0 Å². The largest absolute Gasteiger partial charge is 0.367 e. The Labute approximate surface area is 65.4 Å². The van der Waals surface area contributed by atoms with Crippen LogP contribution < -0.4 is 5.73 Å². The predicted molar refractivity (Wildman–Crippen MR) is 41.8 cm³/mol. The molecule has 1 aliphatic carbocycles. The van der Waals surface area contributed by atoms with Gasteiger partial charge in [0.05, 0.1) is 0 Å². The minimum atomic E-state index is 0.376. The lowest BCUT2D eigenvalue weighted by molar-refractivity contribution is 0.547. The quantitative estimate of drug-likeness (QED) is 0.692. The zero-order valence-corrected chi connectivity index (χ0v) is 6.40. The van der Waals surface area contributed by atoms with Crippen molar-refractivity contribution in [2.24, 2.45) is 5.92 Å². The normalized spacial score (nSPS) is 17.1. The van der Waals surface area contributed by atoms with Crippen molar-refractivity contribution in [2.75, 3.05) is 5.73 Å². The molecular weight excluding hydrogens is 140 g/mol. The second-order valence-corrected chi connectivity index (χ2v) is 3.10. The molecule has 1 aromatic heterocycles. The molecule has 4 nitrogen and oxygen atoms in total. The van der Waals surface area contributed by atoms with E-state index < -0.39 is 0 Å². The predicted octanol–water partition coefficient (Wildman–Crippen LogP) is 0.660. The molecule has 1 heterocycles. The number of nitrogen functional groups attached to an aromatic ring is 1. The van der Waals surface area contributed by atoms with Crippen LogP contribution >= 0.6 is 0 Å². The van der Waals surface area contributed by atoms with Gasteiger partial charge in [0.25, 0.3) is 0 Å². The number of anilines is 1. The molecule has 4 heteroatoms. The first kappa shape index (κ1) is 6.64. The summed E-state index contributed by atoms with van der Waals surface area (Å²) < 4.78 is 1.81.